The zero-order valence-electron chi connectivity index (χ0n) is 14.8. The van der Waals surface area contributed by atoms with Crippen molar-refractivity contribution in [3.63, 3.8) is 0 Å². The number of carbonyl (C=O) groups excluding carboxylic acids is 1. The van der Waals surface area contributed by atoms with E-state index in [4.69, 9.17) is 13.4 Å². The molecule has 0 aliphatic carbocycles. The number of para-hydroxylation sites is 1. The summed E-state index contributed by atoms with van der Waals surface area (Å²) in [5.41, 5.74) is 2.28. The van der Waals surface area contributed by atoms with E-state index in [2.05, 4.69) is 15.0 Å². The van der Waals surface area contributed by atoms with Gasteiger partial charge in [-0.3, -0.25) is 9.78 Å². The maximum absolute atomic E-state index is 12.7. The van der Waals surface area contributed by atoms with Crippen molar-refractivity contribution in [1.29, 1.82) is 0 Å². The number of hydrogen-bond acceptors (Lipinski definition) is 7. The van der Waals surface area contributed by atoms with Crippen LogP contribution in [0.4, 0.5) is 5.69 Å². The summed E-state index contributed by atoms with van der Waals surface area (Å²) in [6.07, 6.45) is 1.53. The summed E-state index contributed by atoms with van der Waals surface area (Å²) < 4.78 is 15.7. The first kappa shape index (κ1) is 16.4. The molecule has 0 unspecified atom stereocenters. The van der Waals surface area contributed by atoms with E-state index in [1.165, 1.54) is 6.26 Å². The second-order valence-corrected chi connectivity index (χ2v) is 6.50. The van der Waals surface area contributed by atoms with Gasteiger partial charge in [-0.1, -0.05) is 11.2 Å². The Kier molecular flexibility index (Phi) is 3.78. The molecule has 1 saturated heterocycles. The van der Waals surface area contributed by atoms with Crippen molar-refractivity contribution in [3.05, 3.63) is 58.9 Å². The Bertz CT molecular complexity index is 1180. The molecule has 4 heterocycles. The lowest BCUT2D eigenvalue weighted by molar-refractivity contribution is 0.0736. The number of furan rings is 1. The van der Waals surface area contributed by atoms with E-state index >= 15 is 0 Å². The van der Waals surface area contributed by atoms with Gasteiger partial charge in [-0.2, -0.15) is 0 Å². The molecule has 142 valence electrons. The molecule has 1 N–H and O–H groups in total. The molecule has 1 aliphatic heterocycles. The molecule has 1 aromatic carbocycles. The van der Waals surface area contributed by atoms with Crippen molar-refractivity contribution in [2.75, 3.05) is 31.1 Å². The fourth-order valence-corrected chi connectivity index (χ4v) is 3.43. The number of aromatic amines is 1. The van der Waals surface area contributed by atoms with Gasteiger partial charge in [-0.25, -0.2) is 4.79 Å². The first-order valence-corrected chi connectivity index (χ1v) is 8.86. The molecule has 0 radical (unpaired) electrons. The zero-order chi connectivity index (χ0) is 19.1. The molecule has 0 atom stereocenters. The number of benzene rings is 1. The molecule has 1 amide bonds. The summed E-state index contributed by atoms with van der Waals surface area (Å²) in [5.74, 6) is 0.279. The van der Waals surface area contributed by atoms with Crippen molar-refractivity contribution in [3.8, 4) is 11.5 Å². The number of H-pyrrole nitrogens is 1. The standard InChI is InChI=1S/C19H16N4O5/c24-18(13-11-16(28-21-13)15-5-2-10-26-15)23-8-6-22(7-9-23)14-4-1-3-12-17(14)27-19(25)20-12/h1-5,10-11H,6-9H2,(H,20,25). The Morgan fingerprint density at radius 2 is 1.93 bits per heavy atom. The molecular weight excluding hydrogens is 364 g/mol. The highest BCUT2D eigenvalue weighted by molar-refractivity contribution is 5.93. The Morgan fingerprint density at radius 3 is 2.71 bits per heavy atom. The van der Waals surface area contributed by atoms with Gasteiger partial charge in [-0.05, 0) is 24.3 Å². The molecule has 1 fully saturated rings. The number of carbonyl (C=O) groups is 1. The number of oxazole rings is 1. The summed E-state index contributed by atoms with van der Waals surface area (Å²) in [4.78, 5) is 30.7. The highest BCUT2D eigenvalue weighted by Gasteiger charge is 2.26. The van der Waals surface area contributed by atoms with Gasteiger partial charge in [0, 0.05) is 32.2 Å². The van der Waals surface area contributed by atoms with Gasteiger partial charge in [0.15, 0.2) is 17.0 Å². The predicted molar refractivity (Wildman–Crippen MR) is 99.2 cm³/mol. The summed E-state index contributed by atoms with van der Waals surface area (Å²) in [6, 6.07) is 10.6. The lowest BCUT2D eigenvalue weighted by atomic mass is 10.2. The van der Waals surface area contributed by atoms with Gasteiger partial charge in [0.2, 0.25) is 5.76 Å². The molecule has 9 heteroatoms. The van der Waals surface area contributed by atoms with Crippen LogP contribution < -0.4 is 10.7 Å². The number of fused-ring (bicyclic) bond motifs is 1. The lowest BCUT2D eigenvalue weighted by Gasteiger charge is -2.35. The van der Waals surface area contributed by atoms with Crippen molar-refractivity contribution < 1.29 is 18.2 Å². The van der Waals surface area contributed by atoms with E-state index in [0.29, 0.717) is 48.8 Å². The highest BCUT2D eigenvalue weighted by atomic mass is 16.5. The Hall–Kier alpha value is -3.75. The number of rotatable bonds is 3. The molecule has 28 heavy (non-hydrogen) atoms. The third kappa shape index (κ3) is 2.77. The minimum Gasteiger partial charge on any atom is -0.461 e. The molecule has 1 aliphatic rings. The second kappa shape index (κ2) is 6.45. The van der Waals surface area contributed by atoms with Crippen LogP contribution in [-0.4, -0.2) is 47.1 Å². The topological polar surface area (TPSA) is 109 Å². The zero-order valence-corrected chi connectivity index (χ0v) is 14.8. The SMILES string of the molecule is O=C(c1cc(-c2ccco2)on1)N1CCN(c2cccc3[nH]c(=O)oc23)CC1. The van der Waals surface area contributed by atoms with Gasteiger partial charge in [-0.15, -0.1) is 0 Å². The number of anilines is 1. The number of aromatic nitrogens is 2. The maximum atomic E-state index is 12.7. The number of hydrogen-bond donors (Lipinski definition) is 1. The first-order chi connectivity index (χ1) is 13.7. The number of nitrogens with zero attached hydrogens (tertiary/aromatic N) is 3. The summed E-state index contributed by atoms with van der Waals surface area (Å²) in [5, 5.41) is 3.87. The molecular formula is C19H16N4O5. The minimum atomic E-state index is -0.477. The molecule has 4 aromatic rings. The molecule has 3 aromatic heterocycles. The van der Waals surface area contributed by atoms with Gasteiger partial charge in [0.1, 0.15) is 0 Å². The van der Waals surface area contributed by atoms with E-state index in [-0.39, 0.29) is 11.6 Å². The van der Waals surface area contributed by atoms with E-state index in [9.17, 15) is 9.59 Å². The Labute approximate surface area is 158 Å². The van der Waals surface area contributed by atoms with Gasteiger partial charge in [0.05, 0.1) is 17.5 Å². The molecule has 5 rings (SSSR count). The van der Waals surface area contributed by atoms with Crippen LogP contribution in [0.2, 0.25) is 0 Å². The van der Waals surface area contributed by atoms with Crippen LogP contribution in [0.1, 0.15) is 10.5 Å². The van der Waals surface area contributed by atoms with E-state index in [0.717, 1.165) is 5.69 Å². The number of amides is 1. The van der Waals surface area contributed by atoms with E-state index < -0.39 is 5.76 Å². The second-order valence-electron chi connectivity index (χ2n) is 6.50. The molecule has 0 saturated carbocycles. The molecule has 9 nitrogen and oxygen atoms in total. The van der Waals surface area contributed by atoms with Crippen molar-refractivity contribution >= 4 is 22.7 Å². The average molecular weight is 380 g/mol. The summed E-state index contributed by atoms with van der Waals surface area (Å²) in [6.45, 7) is 2.27. The highest BCUT2D eigenvalue weighted by Crippen LogP contribution is 2.26. The van der Waals surface area contributed by atoms with Crippen LogP contribution in [0.25, 0.3) is 22.6 Å². The van der Waals surface area contributed by atoms with Gasteiger partial charge >= 0.3 is 5.76 Å². The van der Waals surface area contributed by atoms with Crippen LogP contribution >= 0.6 is 0 Å². The fraction of sp³-hybridized carbons (Fsp3) is 0.211. The molecule has 0 bridgehead atoms. The predicted octanol–water partition coefficient (Wildman–Crippen LogP) is 2.33. The monoisotopic (exact) mass is 380 g/mol. The van der Waals surface area contributed by atoms with Crippen LogP contribution in [0.5, 0.6) is 0 Å². The van der Waals surface area contributed by atoms with Gasteiger partial charge < -0.3 is 23.2 Å². The molecule has 0 spiro atoms. The Morgan fingerprint density at radius 1 is 1.07 bits per heavy atom. The number of piperazine rings is 1. The minimum absolute atomic E-state index is 0.187. The average Bonchev–Trinajstić information content (AvgIpc) is 3.46. The van der Waals surface area contributed by atoms with Crippen molar-refractivity contribution in [2.24, 2.45) is 0 Å². The summed E-state index contributed by atoms with van der Waals surface area (Å²) in [7, 11) is 0. The summed E-state index contributed by atoms with van der Waals surface area (Å²) >= 11 is 0. The van der Waals surface area contributed by atoms with Crippen LogP contribution in [0.3, 0.4) is 0 Å². The van der Waals surface area contributed by atoms with E-state index in [1.807, 2.05) is 12.1 Å². The largest absolute Gasteiger partial charge is 0.461 e. The normalized spacial score (nSPS) is 14.7. The smallest absolute Gasteiger partial charge is 0.417 e. The van der Waals surface area contributed by atoms with Crippen LogP contribution in [0, 0.1) is 0 Å². The fourth-order valence-electron chi connectivity index (χ4n) is 3.43. The Balaban J connectivity index is 1.30. The van der Waals surface area contributed by atoms with Crippen LogP contribution in [-0.2, 0) is 0 Å². The maximum Gasteiger partial charge on any atom is 0.417 e. The number of nitrogens with one attached hydrogen (secondary N) is 1. The quantitative estimate of drug-likeness (QED) is 0.581. The third-order valence-electron chi connectivity index (χ3n) is 4.83. The van der Waals surface area contributed by atoms with E-state index in [1.54, 1.807) is 29.2 Å². The third-order valence-corrected chi connectivity index (χ3v) is 4.83. The lowest BCUT2D eigenvalue weighted by Crippen LogP contribution is -2.48. The van der Waals surface area contributed by atoms with Gasteiger partial charge in [0.25, 0.3) is 5.91 Å². The van der Waals surface area contributed by atoms with Crippen molar-refractivity contribution in [2.45, 2.75) is 0 Å². The van der Waals surface area contributed by atoms with Crippen LogP contribution in [0.15, 0.2) is 60.8 Å². The first-order valence-electron chi connectivity index (χ1n) is 8.86. The van der Waals surface area contributed by atoms with Crippen molar-refractivity contribution in [1.82, 2.24) is 15.0 Å².